The van der Waals surface area contributed by atoms with Crippen LogP contribution in [0.2, 0.25) is 0 Å². The molecule has 0 aliphatic heterocycles. The lowest BCUT2D eigenvalue weighted by atomic mass is 9.88. The Kier molecular flexibility index (Phi) is 6.53. The lowest BCUT2D eigenvalue weighted by Crippen LogP contribution is -2.49. The highest BCUT2D eigenvalue weighted by Crippen LogP contribution is 2.24. The number of carboxylic acid groups (broad SMARTS) is 1. The fourth-order valence-electron chi connectivity index (χ4n) is 2.62. The van der Waals surface area contributed by atoms with Crippen molar-refractivity contribution in [2.75, 3.05) is 0 Å². The van der Waals surface area contributed by atoms with Crippen LogP contribution in [-0.2, 0) is 9.59 Å². The van der Waals surface area contributed by atoms with Crippen LogP contribution in [-0.4, -0.2) is 22.5 Å². The Morgan fingerprint density at radius 2 is 1.86 bits per heavy atom. The quantitative estimate of drug-likeness (QED) is 0.772. The lowest BCUT2D eigenvalue weighted by Gasteiger charge is -2.32. The number of carboxylic acids is 1. The minimum absolute atomic E-state index is 0.111. The molecule has 0 aliphatic rings. The van der Waals surface area contributed by atoms with Gasteiger partial charge < -0.3 is 10.4 Å². The van der Waals surface area contributed by atoms with Gasteiger partial charge in [-0.15, -0.1) is 0 Å². The molecular weight excluding hydrogens is 285 g/mol. The van der Waals surface area contributed by atoms with Crippen molar-refractivity contribution in [2.24, 2.45) is 0 Å². The number of hydrogen-bond acceptors (Lipinski definition) is 2. The first-order chi connectivity index (χ1) is 10.3. The van der Waals surface area contributed by atoms with E-state index in [4.69, 9.17) is 5.11 Å². The highest BCUT2D eigenvalue weighted by molar-refractivity contribution is 5.79. The van der Waals surface area contributed by atoms with Gasteiger partial charge in [0.1, 0.15) is 5.82 Å². The van der Waals surface area contributed by atoms with Crippen LogP contribution >= 0.6 is 0 Å². The zero-order valence-corrected chi connectivity index (χ0v) is 13.4. The van der Waals surface area contributed by atoms with Crippen LogP contribution in [0.25, 0.3) is 0 Å². The second-order valence-corrected chi connectivity index (χ2v) is 5.73. The van der Waals surface area contributed by atoms with Crippen LogP contribution in [0.4, 0.5) is 4.39 Å². The number of hydrogen-bond donors (Lipinski definition) is 2. The Morgan fingerprint density at radius 3 is 2.36 bits per heavy atom. The van der Waals surface area contributed by atoms with Gasteiger partial charge in [-0.3, -0.25) is 9.59 Å². The van der Waals surface area contributed by atoms with Crippen molar-refractivity contribution in [1.29, 1.82) is 0 Å². The number of rotatable bonds is 8. The molecule has 1 rings (SSSR count). The highest BCUT2D eigenvalue weighted by atomic mass is 19.1. The molecule has 1 aromatic rings. The maximum atomic E-state index is 13.7. The molecule has 0 spiro atoms. The third kappa shape index (κ3) is 4.83. The normalized spacial score (nSPS) is 12.7. The van der Waals surface area contributed by atoms with Gasteiger partial charge in [-0.1, -0.05) is 39.0 Å². The Bertz CT molecular complexity index is 526. The van der Waals surface area contributed by atoms with Crippen LogP contribution in [0.1, 0.15) is 57.9 Å². The SMILES string of the molecule is CCC(CC)(CC(=O)O)NC(=O)CC(C)c1ccccc1F. The molecule has 22 heavy (non-hydrogen) atoms. The molecule has 4 nitrogen and oxygen atoms in total. The molecule has 0 heterocycles. The Hall–Kier alpha value is -1.91. The summed E-state index contributed by atoms with van der Waals surface area (Å²) in [4.78, 5) is 23.2. The van der Waals surface area contributed by atoms with Gasteiger partial charge in [-0.2, -0.15) is 0 Å². The first kappa shape index (κ1) is 18.1. The third-order valence-corrected chi connectivity index (χ3v) is 4.18. The Balaban J connectivity index is 2.75. The summed E-state index contributed by atoms with van der Waals surface area (Å²) in [7, 11) is 0. The number of aliphatic carboxylic acids is 1. The van der Waals surface area contributed by atoms with Gasteiger partial charge in [-0.05, 0) is 30.4 Å². The van der Waals surface area contributed by atoms with Crippen molar-refractivity contribution in [3.8, 4) is 0 Å². The molecule has 1 aromatic carbocycles. The molecule has 0 saturated carbocycles. The van der Waals surface area contributed by atoms with Crippen LogP contribution in [0.5, 0.6) is 0 Å². The molecule has 2 N–H and O–H groups in total. The van der Waals surface area contributed by atoms with E-state index in [1.165, 1.54) is 6.07 Å². The molecule has 0 saturated heterocycles. The fourth-order valence-corrected chi connectivity index (χ4v) is 2.62. The summed E-state index contributed by atoms with van der Waals surface area (Å²) in [6.45, 7) is 5.49. The second-order valence-electron chi connectivity index (χ2n) is 5.73. The summed E-state index contributed by atoms with van der Waals surface area (Å²) in [5.74, 6) is -1.78. The van der Waals surface area contributed by atoms with Crippen molar-refractivity contribution in [2.45, 2.75) is 57.9 Å². The topological polar surface area (TPSA) is 66.4 Å². The van der Waals surface area contributed by atoms with Gasteiger partial charge in [0, 0.05) is 12.0 Å². The standard InChI is InChI=1S/C17H24FNO3/c1-4-17(5-2,11-16(21)22)19-15(20)10-12(3)13-8-6-7-9-14(13)18/h6-9,12H,4-5,10-11H2,1-3H3,(H,19,20)(H,21,22). The van der Waals surface area contributed by atoms with E-state index in [0.717, 1.165) is 0 Å². The number of carbonyl (C=O) groups is 2. The predicted molar refractivity (Wildman–Crippen MR) is 83.1 cm³/mol. The fraction of sp³-hybridized carbons (Fsp3) is 0.529. The van der Waals surface area contributed by atoms with Gasteiger partial charge in [0.25, 0.3) is 0 Å². The largest absolute Gasteiger partial charge is 0.481 e. The summed E-state index contributed by atoms with van der Waals surface area (Å²) in [6.07, 6.45) is 1.09. The predicted octanol–water partition coefficient (Wildman–Crippen LogP) is 3.47. The first-order valence-corrected chi connectivity index (χ1v) is 7.60. The first-order valence-electron chi connectivity index (χ1n) is 7.60. The number of carbonyl (C=O) groups excluding carboxylic acids is 1. The van der Waals surface area contributed by atoms with E-state index < -0.39 is 11.5 Å². The van der Waals surface area contributed by atoms with Crippen LogP contribution in [0, 0.1) is 5.82 Å². The molecule has 0 fully saturated rings. The van der Waals surface area contributed by atoms with Crippen molar-refractivity contribution in [1.82, 2.24) is 5.32 Å². The maximum Gasteiger partial charge on any atom is 0.305 e. The number of benzene rings is 1. The monoisotopic (exact) mass is 309 g/mol. The van der Waals surface area contributed by atoms with Gasteiger partial charge in [-0.25, -0.2) is 4.39 Å². The highest BCUT2D eigenvalue weighted by Gasteiger charge is 2.31. The second kappa shape index (κ2) is 7.92. The minimum atomic E-state index is -0.939. The molecule has 5 heteroatoms. The number of nitrogens with one attached hydrogen (secondary N) is 1. The van der Waals surface area contributed by atoms with E-state index in [1.54, 1.807) is 25.1 Å². The zero-order valence-electron chi connectivity index (χ0n) is 13.4. The average Bonchev–Trinajstić information content (AvgIpc) is 2.46. The van der Waals surface area contributed by atoms with E-state index >= 15 is 0 Å². The van der Waals surface area contributed by atoms with Crippen LogP contribution in [0.15, 0.2) is 24.3 Å². The molecule has 0 aromatic heterocycles. The van der Waals surface area contributed by atoms with Gasteiger partial charge >= 0.3 is 5.97 Å². The van der Waals surface area contributed by atoms with E-state index in [-0.39, 0.29) is 30.5 Å². The van der Waals surface area contributed by atoms with Gasteiger partial charge in [0.15, 0.2) is 0 Å². The average molecular weight is 309 g/mol. The van der Waals surface area contributed by atoms with Crippen molar-refractivity contribution in [3.05, 3.63) is 35.6 Å². The van der Waals surface area contributed by atoms with E-state index in [0.29, 0.717) is 18.4 Å². The van der Waals surface area contributed by atoms with Gasteiger partial charge in [0.05, 0.1) is 6.42 Å². The summed E-state index contributed by atoms with van der Waals surface area (Å²) in [5.41, 5.74) is -0.243. The molecule has 1 unspecified atom stereocenters. The van der Waals surface area contributed by atoms with Crippen molar-refractivity contribution in [3.63, 3.8) is 0 Å². The van der Waals surface area contributed by atoms with Crippen molar-refractivity contribution >= 4 is 11.9 Å². The van der Waals surface area contributed by atoms with E-state index in [9.17, 15) is 14.0 Å². The zero-order chi connectivity index (χ0) is 16.8. The van der Waals surface area contributed by atoms with Gasteiger partial charge in [0.2, 0.25) is 5.91 Å². The number of halogens is 1. The summed E-state index contributed by atoms with van der Waals surface area (Å²) < 4.78 is 13.7. The molecule has 122 valence electrons. The molecule has 1 atom stereocenters. The number of amides is 1. The molecule has 0 radical (unpaired) electrons. The summed E-state index contributed by atoms with van der Waals surface area (Å²) in [6, 6.07) is 6.38. The Labute approximate surface area is 130 Å². The smallest absolute Gasteiger partial charge is 0.305 e. The molecule has 0 bridgehead atoms. The Morgan fingerprint density at radius 1 is 1.27 bits per heavy atom. The third-order valence-electron chi connectivity index (χ3n) is 4.18. The molecule has 0 aliphatic carbocycles. The van der Waals surface area contributed by atoms with E-state index in [2.05, 4.69) is 5.32 Å². The van der Waals surface area contributed by atoms with Crippen LogP contribution in [0.3, 0.4) is 0 Å². The van der Waals surface area contributed by atoms with Crippen LogP contribution < -0.4 is 5.32 Å². The minimum Gasteiger partial charge on any atom is -0.481 e. The maximum absolute atomic E-state index is 13.7. The summed E-state index contributed by atoms with van der Waals surface area (Å²) >= 11 is 0. The summed E-state index contributed by atoms with van der Waals surface area (Å²) in [5, 5.41) is 11.9. The molecular formula is C17H24FNO3. The lowest BCUT2D eigenvalue weighted by molar-refractivity contribution is -0.139. The molecule has 1 amide bonds. The van der Waals surface area contributed by atoms with E-state index in [1.807, 2.05) is 13.8 Å². The van der Waals surface area contributed by atoms with Crippen molar-refractivity contribution < 1.29 is 19.1 Å².